The lowest BCUT2D eigenvalue weighted by Crippen LogP contribution is -2.48. The van der Waals surface area contributed by atoms with E-state index in [-0.39, 0.29) is 11.9 Å². The minimum Gasteiger partial charge on any atom is -0.374 e. The van der Waals surface area contributed by atoms with Gasteiger partial charge in [-0.25, -0.2) is 0 Å². The van der Waals surface area contributed by atoms with E-state index in [2.05, 4.69) is 52.3 Å². The summed E-state index contributed by atoms with van der Waals surface area (Å²) in [6, 6.07) is 16.5. The van der Waals surface area contributed by atoms with E-state index in [1.807, 2.05) is 30.3 Å². The van der Waals surface area contributed by atoms with Crippen LogP contribution in [0.25, 0.3) is 0 Å². The van der Waals surface area contributed by atoms with Gasteiger partial charge in [0.2, 0.25) is 0 Å². The molecule has 1 fully saturated rings. The summed E-state index contributed by atoms with van der Waals surface area (Å²) < 4.78 is 0. The molecule has 1 unspecified atom stereocenters. The average Bonchev–Trinajstić information content (AvgIpc) is 3.10. The van der Waals surface area contributed by atoms with E-state index in [1.165, 1.54) is 16.8 Å². The highest BCUT2D eigenvalue weighted by Crippen LogP contribution is 2.31. The highest BCUT2D eigenvalue weighted by atomic mass is 16.1. The summed E-state index contributed by atoms with van der Waals surface area (Å²) in [5.74, 6) is 0.000575. The quantitative estimate of drug-likeness (QED) is 0.867. The molecule has 1 saturated heterocycles. The summed E-state index contributed by atoms with van der Waals surface area (Å²) in [4.78, 5) is 19.8. The first kappa shape index (κ1) is 19.0. The van der Waals surface area contributed by atoms with Crippen molar-refractivity contribution >= 4 is 11.6 Å². The Labute approximate surface area is 167 Å². The molecule has 2 aromatic rings. The van der Waals surface area contributed by atoms with Gasteiger partial charge < -0.3 is 15.1 Å². The lowest BCUT2D eigenvalue weighted by molar-refractivity contribution is 0.0886. The van der Waals surface area contributed by atoms with Gasteiger partial charge in [-0.1, -0.05) is 30.3 Å². The van der Waals surface area contributed by atoms with E-state index in [9.17, 15) is 4.79 Å². The Bertz CT molecular complexity index is 815. The van der Waals surface area contributed by atoms with Crippen molar-refractivity contribution in [3.63, 3.8) is 0 Å². The Balaban J connectivity index is 1.53. The Morgan fingerprint density at radius 2 is 1.75 bits per heavy atom. The largest absolute Gasteiger partial charge is 0.374 e. The second-order valence-electron chi connectivity index (χ2n) is 7.99. The van der Waals surface area contributed by atoms with Crippen LogP contribution in [0.1, 0.15) is 27.5 Å². The van der Waals surface area contributed by atoms with Crippen LogP contribution in [-0.2, 0) is 6.42 Å². The standard InChI is InChI=1S/C23H30N4O/c1-25-12-14-27(15-13-25)22(17-24-23(28)18-6-4-3-5-7-18)19-8-9-21-20(16-19)10-11-26(21)2/h3-9,16,22H,10-15,17H2,1-2H3,(H,24,28). The molecule has 2 aromatic carbocycles. The number of benzene rings is 2. The summed E-state index contributed by atoms with van der Waals surface area (Å²) in [7, 11) is 4.33. The number of amides is 1. The van der Waals surface area contributed by atoms with E-state index in [4.69, 9.17) is 0 Å². The third-order valence-electron chi connectivity index (χ3n) is 6.09. The molecule has 0 aromatic heterocycles. The number of nitrogens with zero attached hydrogens (tertiary/aromatic N) is 3. The lowest BCUT2D eigenvalue weighted by atomic mass is 10.00. The van der Waals surface area contributed by atoms with Gasteiger partial charge in [-0.15, -0.1) is 0 Å². The second-order valence-corrected chi connectivity index (χ2v) is 7.99. The topological polar surface area (TPSA) is 38.8 Å². The van der Waals surface area contributed by atoms with Crippen molar-refractivity contribution < 1.29 is 4.79 Å². The fraction of sp³-hybridized carbons (Fsp3) is 0.435. The number of likely N-dealkylation sites (N-methyl/N-ethyl adjacent to an activating group) is 2. The average molecular weight is 379 g/mol. The minimum absolute atomic E-state index is 0.000575. The summed E-state index contributed by atoms with van der Waals surface area (Å²) >= 11 is 0. The summed E-state index contributed by atoms with van der Waals surface area (Å²) in [6.45, 7) is 5.90. The van der Waals surface area contributed by atoms with Crippen molar-refractivity contribution in [3.05, 3.63) is 65.2 Å². The first-order valence-electron chi connectivity index (χ1n) is 10.2. The maximum absolute atomic E-state index is 12.6. The molecule has 1 N–H and O–H groups in total. The van der Waals surface area contributed by atoms with Gasteiger partial charge in [0.1, 0.15) is 0 Å². The van der Waals surface area contributed by atoms with Crippen molar-refractivity contribution in [1.29, 1.82) is 0 Å². The second kappa shape index (κ2) is 8.33. The molecule has 2 aliphatic heterocycles. The number of piperazine rings is 1. The van der Waals surface area contributed by atoms with Crippen molar-refractivity contribution in [1.82, 2.24) is 15.1 Å². The number of carbonyl (C=O) groups excluding carboxylic acids is 1. The van der Waals surface area contributed by atoms with Crippen LogP contribution in [0.2, 0.25) is 0 Å². The van der Waals surface area contributed by atoms with Gasteiger partial charge in [0.25, 0.3) is 5.91 Å². The Morgan fingerprint density at radius 3 is 2.50 bits per heavy atom. The maximum atomic E-state index is 12.6. The van der Waals surface area contributed by atoms with E-state index in [1.54, 1.807) is 0 Å². The van der Waals surface area contributed by atoms with Crippen molar-refractivity contribution in [2.75, 3.05) is 58.3 Å². The molecule has 0 saturated carbocycles. The van der Waals surface area contributed by atoms with Crippen molar-refractivity contribution in [3.8, 4) is 0 Å². The van der Waals surface area contributed by atoms with Crippen LogP contribution in [0.15, 0.2) is 48.5 Å². The molecular weight excluding hydrogens is 348 g/mol. The number of fused-ring (bicyclic) bond motifs is 1. The molecule has 5 nitrogen and oxygen atoms in total. The van der Waals surface area contributed by atoms with Crippen molar-refractivity contribution in [2.24, 2.45) is 0 Å². The molecule has 2 aliphatic rings. The van der Waals surface area contributed by atoms with Gasteiger partial charge in [-0.2, -0.15) is 0 Å². The zero-order chi connectivity index (χ0) is 19.5. The number of carbonyl (C=O) groups is 1. The highest BCUT2D eigenvalue weighted by Gasteiger charge is 2.26. The predicted octanol–water partition coefficient (Wildman–Crippen LogP) is 2.40. The Kier molecular flexibility index (Phi) is 5.64. The summed E-state index contributed by atoms with van der Waals surface area (Å²) in [6.07, 6.45) is 1.10. The van der Waals surface area contributed by atoms with Crippen LogP contribution in [0, 0.1) is 0 Å². The fourth-order valence-corrected chi connectivity index (χ4v) is 4.27. The molecule has 0 radical (unpaired) electrons. The third-order valence-corrected chi connectivity index (χ3v) is 6.09. The van der Waals surface area contributed by atoms with Gasteiger partial charge in [0, 0.05) is 57.6 Å². The van der Waals surface area contributed by atoms with Crippen LogP contribution >= 0.6 is 0 Å². The molecule has 1 atom stereocenters. The number of hydrogen-bond acceptors (Lipinski definition) is 4. The maximum Gasteiger partial charge on any atom is 0.251 e. The third kappa shape index (κ3) is 4.05. The lowest BCUT2D eigenvalue weighted by Gasteiger charge is -2.38. The van der Waals surface area contributed by atoms with Gasteiger partial charge in [0.15, 0.2) is 0 Å². The molecule has 4 rings (SSSR count). The molecular formula is C23H30N4O. The zero-order valence-electron chi connectivity index (χ0n) is 16.9. The molecule has 148 valence electrons. The number of anilines is 1. The van der Waals surface area contributed by atoms with Crippen LogP contribution in [0.4, 0.5) is 5.69 Å². The molecule has 5 heteroatoms. The number of hydrogen-bond donors (Lipinski definition) is 1. The molecule has 28 heavy (non-hydrogen) atoms. The van der Waals surface area contributed by atoms with Crippen LogP contribution in [0.3, 0.4) is 0 Å². The molecule has 0 bridgehead atoms. The van der Waals surface area contributed by atoms with Gasteiger partial charge in [-0.3, -0.25) is 9.69 Å². The smallest absolute Gasteiger partial charge is 0.251 e. The number of nitrogens with one attached hydrogen (secondary N) is 1. The molecule has 0 spiro atoms. The number of rotatable bonds is 5. The Hall–Kier alpha value is -2.37. The van der Waals surface area contributed by atoms with E-state index >= 15 is 0 Å². The van der Waals surface area contributed by atoms with Crippen LogP contribution in [-0.4, -0.2) is 69.1 Å². The van der Waals surface area contributed by atoms with Gasteiger partial charge in [-0.05, 0) is 42.8 Å². The van der Waals surface area contributed by atoms with E-state index < -0.39 is 0 Å². The Morgan fingerprint density at radius 1 is 1.00 bits per heavy atom. The van der Waals surface area contributed by atoms with E-state index in [0.717, 1.165) is 44.7 Å². The first-order chi connectivity index (χ1) is 13.6. The van der Waals surface area contributed by atoms with Crippen molar-refractivity contribution in [2.45, 2.75) is 12.5 Å². The van der Waals surface area contributed by atoms with Gasteiger partial charge in [0.05, 0.1) is 6.04 Å². The van der Waals surface area contributed by atoms with Crippen LogP contribution in [0.5, 0.6) is 0 Å². The molecule has 2 heterocycles. The molecule has 1 amide bonds. The van der Waals surface area contributed by atoms with Gasteiger partial charge >= 0.3 is 0 Å². The summed E-state index contributed by atoms with van der Waals surface area (Å²) in [5, 5.41) is 3.18. The predicted molar refractivity (Wildman–Crippen MR) is 114 cm³/mol. The first-order valence-corrected chi connectivity index (χ1v) is 10.2. The van der Waals surface area contributed by atoms with Crippen LogP contribution < -0.4 is 10.2 Å². The minimum atomic E-state index is 0.000575. The SMILES string of the molecule is CN1CCN(C(CNC(=O)c2ccccc2)c2ccc3c(c2)CCN3C)CC1. The monoisotopic (exact) mass is 378 g/mol. The fourth-order valence-electron chi connectivity index (χ4n) is 4.27. The highest BCUT2D eigenvalue weighted by molar-refractivity contribution is 5.94. The molecule has 0 aliphatic carbocycles. The summed E-state index contributed by atoms with van der Waals surface area (Å²) in [5.41, 5.74) is 4.80. The normalized spacial score (nSPS) is 18.7. The van der Waals surface area contributed by atoms with E-state index in [0.29, 0.717) is 6.54 Å². The zero-order valence-corrected chi connectivity index (χ0v) is 16.9.